The Balaban J connectivity index is 0.000000532. The Kier molecular flexibility index (Phi) is 11.0. The lowest BCUT2D eigenvalue weighted by Crippen LogP contribution is -2.40. The molecule has 1 aromatic heterocycles. The Morgan fingerprint density at radius 3 is 2.41 bits per heavy atom. The molecular weight excluding hydrogens is 523 g/mol. The minimum Gasteiger partial charge on any atom is -0.486 e. The molecule has 1 aliphatic heterocycles. The Hall–Kier alpha value is -3.35. The van der Waals surface area contributed by atoms with E-state index in [-0.39, 0.29) is 11.9 Å². The van der Waals surface area contributed by atoms with Gasteiger partial charge in [-0.2, -0.15) is 18.2 Å². The van der Waals surface area contributed by atoms with Gasteiger partial charge in [0.05, 0.1) is 12.1 Å². The van der Waals surface area contributed by atoms with Crippen LogP contribution < -0.4 is 14.8 Å². The van der Waals surface area contributed by atoms with Crippen LogP contribution in [0.2, 0.25) is 0 Å². The fourth-order valence-electron chi connectivity index (χ4n) is 4.63. The molecule has 1 saturated carbocycles. The van der Waals surface area contributed by atoms with E-state index >= 15 is 0 Å². The second kappa shape index (κ2) is 14.2. The lowest BCUT2D eigenvalue weighted by atomic mass is 9.91. The molecule has 4 rings (SSSR count). The number of aliphatic carboxylic acids is 1. The number of aliphatic hydroxyl groups is 1. The second-order valence-corrected chi connectivity index (χ2v) is 9.65. The van der Waals surface area contributed by atoms with Gasteiger partial charge in [-0.25, -0.2) is 4.79 Å². The number of aromatic nitrogens is 2. The predicted molar refractivity (Wildman–Crippen MR) is 131 cm³/mol. The number of nitrogens with one attached hydrogen (secondary N) is 1. The first-order chi connectivity index (χ1) is 18.5. The number of benzene rings is 1. The van der Waals surface area contributed by atoms with Gasteiger partial charge in [0.25, 0.3) is 0 Å². The number of unbranched alkanes of at least 4 members (excludes halogenated alkanes) is 1. The third-order valence-corrected chi connectivity index (χ3v) is 6.55. The molecule has 1 fully saturated rings. The molecule has 13 heteroatoms. The summed E-state index contributed by atoms with van der Waals surface area (Å²) in [6, 6.07) is 5.20. The number of carbonyl (C=O) groups excluding carboxylic acids is 1. The van der Waals surface area contributed by atoms with Crippen LogP contribution in [0, 0.1) is 12.8 Å². The van der Waals surface area contributed by atoms with Gasteiger partial charge >= 0.3 is 12.1 Å². The number of hydrogen-bond donors (Lipinski definition) is 3. The summed E-state index contributed by atoms with van der Waals surface area (Å²) >= 11 is 0. The maximum Gasteiger partial charge on any atom is 0.490 e. The van der Waals surface area contributed by atoms with Crippen molar-refractivity contribution in [2.45, 2.75) is 83.0 Å². The number of carboxylic acid groups (broad SMARTS) is 1. The first-order valence-corrected chi connectivity index (χ1v) is 13.0. The standard InChI is InChI=1S/C24H33N3O5.C2HF3O2/c1-16-25-23(32-27-16)9-5-4-8-22(28)26-19(14-17-6-2-3-7-17)24(29)18-10-11-20-21(15-18)31-13-12-30-20;3-2(4,5)1(6)7/h10-11,15,17,19,24,29H,2-9,12-14H2,1H3,(H,26,28);(H,6,7)/t19-,24+;/m0./s1. The first-order valence-electron chi connectivity index (χ1n) is 13.0. The summed E-state index contributed by atoms with van der Waals surface area (Å²) in [6.07, 6.45) is 2.26. The largest absolute Gasteiger partial charge is 0.490 e. The molecule has 10 nitrogen and oxygen atoms in total. The van der Waals surface area contributed by atoms with Crippen molar-refractivity contribution >= 4 is 11.9 Å². The molecule has 1 aliphatic carbocycles. The fourth-order valence-corrected chi connectivity index (χ4v) is 4.63. The smallest absolute Gasteiger partial charge is 0.486 e. The number of ether oxygens (including phenoxy) is 2. The van der Waals surface area contributed by atoms with Crippen LogP contribution in [-0.2, 0) is 16.0 Å². The number of hydrogen-bond acceptors (Lipinski definition) is 8. The van der Waals surface area contributed by atoms with Gasteiger partial charge in [0, 0.05) is 12.8 Å². The minimum atomic E-state index is -5.08. The molecule has 2 heterocycles. The number of halogens is 3. The molecule has 2 atom stereocenters. The maximum atomic E-state index is 12.7. The fraction of sp³-hybridized carbons (Fsp3) is 0.615. The second-order valence-electron chi connectivity index (χ2n) is 9.65. The number of nitrogens with zero attached hydrogens (tertiary/aromatic N) is 2. The van der Waals surface area contributed by atoms with E-state index in [1.54, 1.807) is 6.92 Å². The SMILES string of the molecule is Cc1noc(CCCCC(=O)N[C@@H](CC2CCCC2)[C@H](O)c2ccc3c(c2)OCCO3)n1.O=C(O)C(F)(F)F. The van der Waals surface area contributed by atoms with E-state index in [2.05, 4.69) is 15.5 Å². The van der Waals surface area contributed by atoms with E-state index in [0.717, 1.165) is 37.7 Å². The normalized spacial score (nSPS) is 16.6. The van der Waals surface area contributed by atoms with Crippen LogP contribution in [0.25, 0.3) is 0 Å². The van der Waals surface area contributed by atoms with Crippen LogP contribution in [0.5, 0.6) is 11.5 Å². The summed E-state index contributed by atoms with van der Waals surface area (Å²) in [5, 5.41) is 25.2. The molecular formula is C26H34F3N3O7. The van der Waals surface area contributed by atoms with E-state index in [4.69, 9.17) is 23.9 Å². The van der Waals surface area contributed by atoms with Crippen LogP contribution in [-0.4, -0.2) is 57.7 Å². The Morgan fingerprint density at radius 1 is 1.13 bits per heavy atom. The van der Waals surface area contributed by atoms with Gasteiger partial charge in [-0.15, -0.1) is 0 Å². The summed E-state index contributed by atoms with van der Waals surface area (Å²) in [5.41, 5.74) is 0.740. The average molecular weight is 558 g/mol. The summed E-state index contributed by atoms with van der Waals surface area (Å²) in [6.45, 7) is 2.82. The zero-order valence-electron chi connectivity index (χ0n) is 21.7. The van der Waals surface area contributed by atoms with E-state index in [1.807, 2.05) is 18.2 Å². The zero-order chi connectivity index (χ0) is 28.4. The van der Waals surface area contributed by atoms with E-state index in [0.29, 0.717) is 55.2 Å². The Morgan fingerprint density at radius 2 is 1.79 bits per heavy atom. The average Bonchev–Trinajstić information content (AvgIpc) is 3.57. The molecule has 1 amide bonds. The minimum absolute atomic E-state index is 0.0358. The molecule has 0 unspecified atom stereocenters. The van der Waals surface area contributed by atoms with Crippen molar-refractivity contribution in [2.24, 2.45) is 5.92 Å². The third kappa shape index (κ3) is 9.72. The van der Waals surface area contributed by atoms with Crippen LogP contribution in [0.1, 0.15) is 74.7 Å². The van der Waals surface area contributed by atoms with Gasteiger partial charge in [0.2, 0.25) is 11.8 Å². The van der Waals surface area contributed by atoms with Gasteiger partial charge in [0.1, 0.15) is 13.2 Å². The van der Waals surface area contributed by atoms with Crippen molar-refractivity contribution in [1.29, 1.82) is 0 Å². The molecule has 0 spiro atoms. The molecule has 2 aliphatic rings. The van der Waals surface area contributed by atoms with Crippen molar-refractivity contribution in [3.8, 4) is 11.5 Å². The summed E-state index contributed by atoms with van der Waals surface area (Å²) in [4.78, 5) is 25.8. The van der Waals surface area contributed by atoms with Crippen LogP contribution in [0.4, 0.5) is 13.2 Å². The van der Waals surface area contributed by atoms with Crippen molar-refractivity contribution < 1.29 is 47.0 Å². The number of aliphatic hydroxyl groups excluding tert-OH is 1. The van der Waals surface area contributed by atoms with Gasteiger partial charge < -0.3 is 29.5 Å². The van der Waals surface area contributed by atoms with E-state index in [1.165, 1.54) is 12.8 Å². The molecule has 0 saturated heterocycles. The van der Waals surface area contributed by atoms with Gasteiger partial charge in [-0.3, -0.25) is 4.79 Å². The lowest BCUT2D eigenvalue weighted by molar-refractivity contribution is -0.192. The molecule has 216 valence electrons. The molecule has 2 aromatic rings. The number of carbonyl (C=O) groups is 2. The van der Waals surface area contributed by atoms with Crippen molar-refractivity contribution in [3.63, 3.8) is 0 Å². The highest BCUT2D eigenvalue weighted by Crippen LogP contribution is 2.36. The van der Waals surface area contributed by atoms with Crippen molar-refractivity contribution in [2.75, 3.05) is 13.2 Å². The molecule has 39 heavy (non-hydrogen) atoms. The summed E-state index contributed by atoms with van der Waals surface area (Å²) in [7, 11) is 0. The monoisotopic (exact) mass is 557 g/mol. The van der Waals surface area contributed by atoms with E-state index in [9.17, 15) is 23.1 Å². The molecule has 3 N–H and O–H groups in total. The van der Waals surface area contributed by atoms with Gasteiger partial charge in [0.15, 0.2) is 17.3 Å². The van der Waals surface area contributed by atoms with Crippen LogP contribution in [0.3, 0.4) is 0 Å². The number of aryl methyl sites for hydroxylation is 2. The highest BCUT2D eigenvalue weighted by atomic mass is 19.4. The van der Waals surface area contributed by atoms with Crippen molar-refractivity contribution in [3.05, 3.63) is 35.5 Å². The number of rotatable bonds is 10. The summed E-state index contributed by atoms with van der Waals surface area (Å²) in [5.74, 6) is 0.318. The summed E-state index contributed by atoms with van der Waals surface area (Å²) < 4.78 is 48.1. The quantitative estimate of drug-likeness (QED) is 0.364. The first kappa shape index (κ1) is 30.2. The number of fused-ring (bicyclic) bond motifs is 1. The van der Waals surface area contributed by atoms with Crippen LogP contribution in [0.15, 0.2) is 22.7 Å². The number of alkyl halides is 3. The highest BCUT2D eigenvalue weighted by molar-refractivity contribution is 5.76. The van der Waals surface area contributed by atoms with Gasteiger partial charge in [-0.1, -0.05) is 36.9 Å². The Labute approximate surface area is 223 Å². The molecule has 0 radical (unpaired) electrons. The third-order valence-electron chi connectivity index (χ3n) is 6.55. The molecule has 1 aromatic carbocycles. The van der Waals surface area contributed by atoms with Crippen LogP contribution >= 0.6 is 0 Å². The predicted octanol–water partition coefficient (Wildman–Crippen LogP) is 4.29. The zero-order valence-corrected chi connectivity index (χ0v) is 21.7. The Bertz CT molecular complexity index is 1090. The number of amides is 1. The maximum absolute atomic E-state index is 12.7. The number of carboxylic acids is 1. The molecule has 0 bridgehead atoms. The van der Waals surface area contributed by atoms with E-state index < -0.39 is 18.2 Å². The highest BCUT2D eigenvalue weighted by Gasteiger charge is 2.38. The van der Waals surface area contributed by atoms with Crippen molar-refractivity contribution in [1.82, 2.24) is 15.5 Å². The topological polar surface area (TPSA) is 144 Å². The lowest BCUT2D eigenvalue weighted by Gasteiger charge is -2.28. The van der Waals surface area contributed by atoms with Gasteiger partial charge in [-0.05, 0) is 49.8 Å².